The summed E-state index contributed by atoms with van der Waals surface area (Å²) in [5, 5.41) is 0. The molecule has 0 radical (unpaired) electrons. The van der Waals surface area contributed by atoms with Gasteiger partial charge in [-0.15, -0.1) is 0 Å². The second-order valence-electron chi connectivity index (χ2n) is 4.34. The maximum Gasteiger partial charge on any atom is 0.324 e. The van der Waals surface area contributed by atoms with Gasteiger partial charge in [0.15, 0.2) is 0 Å². The molecule has 0 aliphatic rings. The third-order valence-electron chi connectivity index (χ3n) is 2.64. The maximum atomic E-state index is 5.38. The Morgan fingerprint density at radius 1 is 0.700 bits per heavy atom. The topological polar surface area (TPSA) is 36.9 Å². The fourth-order valence-corrected chi connectivity index (χ4v) is 12.8. The van der Waals surface area contributed by atoms with Gasteiger partial charge in [0, 0.05) is 51.0 Å². The largest absolute Gasteiger partial charge is 0.400 e. The molecule has 0 fully saturated rings. The number of hydrogen-bond donors (Lipinski definition) is 0. The van der Waals surface area contributed by atoms with E-state index in [1.165, 1.54) is 0 Å². The van der Waals surface area contributed by atoms with Crippen molar-refractivity contribution in [3.05, 3.63) is 0 Å². The lowest BCUT2D eigenvalue weighted by molar-refractivity contribution is 0.270. The Hall–Kier alpha value is 1.67. The van der Waals surface area contributed by atoms with Gasteiger partial charge in [0.2, 0.25) is 0 Å². The van der Waals surface area contributed by atoms with Crippen LogP contribution in [0.2, 0.25) is 11.1 Å². The maximum absolute atomic E-state index is 5.38. The highest BCUT2D eigenvalue weighted by Crippen LogP contribution is 2.45. The predicted octanol–water partition coefficient (Wildman–Crippen LogP) is 3.47. The van der Waals surface area contributed by atoms with E-state index in [0.717, 1.165) is 11.5 Å². The Morgan fingerprint density at radius 3 is 1.25 bits per heavy atom. The fourth-order valence-electron chi connectivity index (χ4n) is 1.59. The van der Waals surface area contributed by atoms with Gasteiger partial charge in [-0.25, -0.2) is 0 Å². The number of rotatable bonds is 13. The van der Waals surface area contributed by atoms with Gasteiger partial charge in [-0.3, -0.25) is 0 Å². The van der Waals surface area contributed by atoms with Crippen LogP contribution >= 0.6 is 41.2 Å². The molecule has 0 saturated heterocycles. The molecule has 0 aliphatic carbocycles. The molecule has 0 aromatic heterocycles. The molecular weight excluding hydrogens is 369 g/mol. The molecule has 0 heterocycles. The molecule has 0 bridgehead atoms. The average Bonchev–Trinajstić information content (AvgIpc) is 2.45. The summed E-state index contributed by atoms with van der Waals surface area (Å²) in [6, 6.07) is 0. The van der Waals surface area contributed by atoms with Gasteiger partial charge in [0.25, 0.3) is 0 Å². The van der Waals surface area contributed by atoms with Crippen molar-refractivity contribution in [3.8, 4) is 0 Å². The van der Waals surface area contributed by atoms with Gasteiger partial charge in [0.05, 0.1) is 0 Å². The summed E-state index contributed by atoms with van der Waals surface area (Å²) >= 11 is 0. The van der Waals surface area contributed by atoms with Crippen LogP contribution in [0, 0.1) is 0 Å². The third-order valence-corrected chi connectivity index (χ3v) is 14.4. The van der Waals surface area contributed by atoms with Crippen molar-refractivity contribution in [3.63, 3.8) is 0 Å². The Balaban J connectivity index is 3.57. The lowest BCUT2D eigenvalue weighted by Crippen LogP contribution is -2.25. The molecule has 122 valence electrons. The van der Waals surface area contributed by atoms with Crippen LogP contribution in [-0.2, 0) is 17.7 Å². The minimum Gasteiger partial charge on any atom is -0.400 e. The van der Waals surface area contributed by atoms with Crippen molar-refractivity contribution in [2.24, 2.45) is 0 Å². The van der Waals surface area contributed by atoms with Crippen molar-refractivity contribution in [1.82, 2.24) is 0 Å². The summed E-state index contributed by atoms with van der Waals surface area (Å²) in [4.78, 5) is 0. The summed E-state index contributed by atoms with van der Waals surface area (Å²) in [5.74, 6) is 2.14. The molecule has 0 aromatic rings. The molecule has 0 aromatic carbocycles. The van der Waals surface area contributed by atoms with Gasteiger partial charge in [-0.05, 0) is 19.7 Å². The van der Waals surface area contributed by atoms with Crippen LogP contribution in [0.1, 0.15) is 13.8 Å². The molecule has 0 spiro atoms. The first-order valence-electron chi connectivity index (χ1n) is 6.29. The second-order valence-corrected chi connectivity index (χ2v) is 16.1. The molecule has 20 heavy (non-hydrogen) atoms. The van der Waals surface area contributed by atoms with Gasteiger partial charge in [-0.2, -0.15) is 0 Å². The molecule has 10 heteroatoms. The predicted molar refractivity (Wildman–Crippen MR) is 101 cm³/mol. The summed E-state index contributed by atoms with van der Waals surface area (Å²) < 4.78 is 21.5. The standard InChI is InChI=1S/C10H26O4S4Si2/c1-9(19(11-3)12-4)7-15-17-18-16-8-10(2)20(13-5)14-6/h9-10,19-20H,7-8H2,1-6H3. The molecule has 0 aliphatic heterocycles. The highest BCUT2D eigenvalue weighted by molar-refractivity contribution is 9.26. The molecule has 2 unspecified atom stereocenters. The van der Waals surface area contributed by atoms with Gasteiger partial charge in [0.1, 0.15) is 0 Å². The molecule has 4 nitrogen and oxygen atoms in total. The summed E-state index contributed by atoms with van der Waals surface area (Å²) in [6.07, 6.45) is 0. The van der Waals surface area contributed by atoms with E-state index < -0.39 is 18.6 Å². The van der Waals surface area contributed by atoms with Crippen molar-refractivity contribution in [1.29, 1.82) is 0 Å². The van der Waals surface area contributed by atoms with Gasteiger partial charge < -0.3 is 17.7 Å². The highest BCUT2D eigenvalue weighted by Gasteiger charge is 2.21. The third kappa shape index (κ3) is 9.64. The average molecular weight is 395 g/mol. The van der Waals surface area contributed by atoms with Crippen LogP contribution in [0.25, 0.3) is 0 Å². The molecule has 0 N–H and O–H groups in total. The SMILES string of the molecule is CO[SiH](OC)C(C)CSSSSCC(C)[SiH](OC)OC. The molecular formula is C10H26O4S4Si2. The molecule has 2 atom stereocenters. The Bertz CT molecular complexity index is 201. The monoisotopic (exact) mass is 394 g/mol. The smallest absolute Gasteiger partial charge is 0.324 e. The highest BCUT2D eigenvalue weighted by atomic mass is 33.7. The normalized spacial score (nSPS) is 15.0. The summed E-state index contributed by atoms with van der Waals surface area (Å²) in [6.45, 7) is 4.40. The van der Waals surface area contributed by atoms with Crippen LogP contribution in [0.15, 0.2) is 0 Å². The first-order chi connectivity index (χ1) is 9.60. The minimum absolute atomic E-state index is 0.519. The van der Waals surface area contributed by atoms with E-state index in [-0.39, 0.29) is 0 Å². The molecule has 0 saturated carbocycles. The first-order valence-corrected chi connectivity index (χ1v) is 14.7. The van der Waals surface area contributed by atoms with Crippen LogP contribution < -0.4 is 0 Å². The van der Waals surface area contributed by atoms with E-state index in [4.69, 9.17) is 17.7 Å². The van der Waals surface area contributed by atoms with Crippen molar-refractivity contribution in [2.75, 3.05) is 39.9 Å². The lowest BCUT2D eigenvalue weighted by atomic mass is 10.6. The van der Waals surface area contributed by atoms with E-state index in [9.17, 15) is 0 Å². The van der Waals surface area contributed by atoms with Gasteiger partial charge >= 0.3 is 18.6 Å². The van der Waals surface area contributed by atoms with Crippen LogP contribution in [-0.4, -0.2) is 58.5 Å². The molecule has 0 rings (SSSR count). The summed E-state index contributed by atoms with van der Waals surface area (Å²) in [7, 11) is 11.5. The van der Waals surface area contributed by atoms with Crippen molar-refractivity contribution in [2.45, 2.75) is 24.9 Å². The lowest BCUT2D eigenvalue weighted by Gasteiger charge is -2.18. The van der Waals surface area contributed by atoms with Crippen LogP contribution in [0.3, 0.4) is 0 Å². The zero-order valence-electron chi connectivity index (χ0n) is 13.0. The Morgan fingerprint density at radius 2 is 1.00 bits per heavy atom. The second kappa shape index (κ2) is 14.3. The Labute approximate surface area is 142 Å². The van der Waals surface area contributed by atoms with E-state index in [0.29, 0.717) is 11.1 Å². The van der Waals surface area contributed by atoms with E-state index in [1.807, 2.05) is 41.2 Å². The van der Waals surface area contributed by atoms with Gasteiger partial charge in [-0.1, -0.05) is 35.4 Å². The molecule has 0 amide bonds. The summed E-state index contributed by atoms with van der Waals surface area (Å²) in [5.41, 5.74) is 1.04. The fraction of sp³-hybridized carbons (Fsp3) is 1.00. The van der Waals surface area contributed by atoms with Crippen LogP contribution in [0.5, 0.6) is 0 Å². The van der Waals surface area contributed by atoms with Crippen LogP contribution in [0.4, 0.5) is 0 Å². The van der Waals surface area contributed by atoms with Crippen molar-refractivity contribution >= 4 is 59.8 Å². The number of hydrogen-bond acceptors (Lipinski definition) is 8. The zero-order chi connectivity index (χ0) is 15.4. The van der Waals surface area contributed by atoms with E-state index in [1.54, 1.807) is 28.4 Å². The quantitative estimate of drug-likeness (QED) is 0.267. The van der Waals surface area contributed by atoms with E-state index >= 15 is 0 Å². The van der Waals surface area contributed by atoms with E-state index in [2.05, 4.69) is 13.8 Å². The minimum atomic E-state index is -1.46. The Kier molecular flexibility index (Phi) is 15.5. The van der Waals surface area contributed by atoms with Crippen molar-refractivity contribution < 1.29 is 17.7 Å². The zero-order valence-corrected chi connectivity index (χ0v) is 18.6. The first kappa shape index (κ1) is 21.7.